The Hall–Kier alpha value is -2.21. The van der Waals surface area contributed by atoms with Crippen LogP contribution >= 0.6 is 0 Å². The van der Waals surface area contributed by atoms with Crippen molar-refractivity contribution in [2.45, 2.75) is 13.0 Å². The summed E-state index contributed by atoms with van der Waals surface area (Å²) in [5.74, 6) is -1.18. The van der Waals surface area contributed by atoms with Crippen LogP contribution in [0.15, 0.2) is 30.3 Å². The van der Waals surface area contributed by atoms with Gasteiger partial charge >= 0.3 is 0 Å². The molecular formula is C15H17FN2O3. The molecule has 1 saturated heterocycles. The van der Waals surface area contributed by atoms with Gasteiger partial charge < -0.3 is 15.4 Å². The molecule has 1 atom stereocenters. The lowest BCUT2D eigenvalue weighted by atomic mass is 10.1. The molecule has 21 heavy (non-hydrogen) atoms. The van der Waals surface area contributed by atoms with E-state index in [1.165, 1.54) is 23.1 Å². The molecule has 1 fully saturated rings. The monoisotopic (exact) mass is 292 g/mol. The highest BCUT2D eigenvalue weighted by Crippen LogP contribution is 2.16. The van der Waals surface area contributed by atoms with Crippen molar-refractivity contribution in [1.82, 2.24) is 4.90 Å². The number of benzene rings is 1. The van der Waals surface area contributed by atoms with Crippen molar-refractivity contribution in [3.63, 3.8) is 0 Å². The van der Waals surface area contributed by atoms with E-state index in [2.05, 4.69) is 0 Å². The molecule has 0 spiro atoms. The number of allylic oxidation sites excluding steroid dienone is 1. The normalized spacial score (nSPS) is 19.4. The number of carbonyl (C=O) groups excluding carboxylic acids is 2. The topological polar surface area (TPSA) is 72.6 Å². The Morgan fingerprint density at radius 1 is 1.48 bits per heavy atom. The third kappa shape index (κ3) is 3.88. The van der Waals surface area contributed by atoms with Gasteiger partial charge in [0.1, 0.15) is 5.82 Å². The lowest BCUT2D eigenvalue weighted by molar-refractivity contribution is -0.142. The molecule has 6 heteroatoms. The van der Waals surface area contributed by atoms with Gasteiger partial charge in [-0.2, -0.15) is 0 Å². The molecule has 0 aliphatic carbocycles. The second kappa shape index (κ2) is 6.49. The average Bonchev–Trinajstić information content (AvgIpc) is 2.47. The van der Waals surface area contributed by atoms with Crippen molar-refractivity contribution in [1.29, 1.82) is 0 Å². The molecule has 0 saturated carbocycles. The number of nitrogens with two attached hydrogens (primary N) is 1. The summed E-state index contributed by atoms with van der Waals surface area (Å²) >= 11 is 0. The Balaban J connectivity index is 2.09. The van der Waals surface area contributed by atoms with Crippen LogP contribution in [-0.2, 0) is 14.3 Å². The minimum Gasteiger partial charge on any atom is -0.367 e. The molecule has 1 aromatic rings. The number of amides is 2. The summed E-state index contributed by atoms with van der Waals surface area (Å²) in [4.78, 5) is 24.8. The molecule has 0 radical (unpaired) electrons. The van der Waals surface area contributed by atoms with E-state index in [4.69, 9.17) is 10.5 Å². The molecule has 112 valence electrons. The van der Waals surface area contributed by atoms with E-state index in [0.29, 0.717) is 17.7 Å². The second-order valence-corrected chi connectivity index (χ2v) is 4.88. The van der Waals surface area contributed by atoms with Crippen LogP contribution in [0.25, 0.3) is 5.57 Å². The Morgan fingerprint density at radius 2 is 2.24 bits per heavy atom. The average molecular weight is 292 g/mol. The van der Waals surface area contributed by atoms with Crippen molar-refractivity contribution in [2.24, 2.45) is 5.73 Å². The van der Waals surface area contributed by atoms with Gasteiger partial charge in [0.15, 0.2) is 6.10 Å². The van der Waals surface area contributed by atoms with E-state index < -0.39 is 12.0 Å². The summed E-state index contributed by atoms with van der Waals surface area (Å²) in [6, 6.07) is 6.03. The van der Waals surface area contributed by atoms with Crippen molar-refractivity contribution in [3.8, 4) is 0 Å². The SMILES string of the molecule is C/C(=C\C(=O)N1CCOC(C(N)=O)C1)c1cccc(F)c1. The number of carbonyl (C=O) groups is 2. The van der Waals surface area contributed by atoms with Crippen LogP contribution < -0.4 is 5.73 Å². The largest absolute Gasteiger partial charge is 0.367 e. The number of hydrogen-bond donors (Lipinski definition) is 1. The first-order chi connectivity index (χ1) is 9.97. The molecule has 1 unspecified atom stereocenters. The lowest BCUT2D eigenvalue weighted by Crippen LogP contribution is -2.50. The molecule has 1 aromatic carbocycles. The molecule has 0 bridgehead atoms. The number of primary amides is 1. The zero-order valence-corrected chi connectivity index (χ0v) is 11.7. The number of rotatable bonds is 3. The standard InChI is InChI=1S/C15H17FN2O3/c1-10(11-3-2-4-12(16)8-11)7-14(19)18-5-6-21-13(9-18)15(17)20/h2-4,7-8,13H,5-6,9H2,1H3,(H2,17,20)/b10-7+. The highest BCUT2D eigenvalue weighted by atomic mass is 19.1. The molecule has 0 aromatic heterocycles. The third-order valence-electron chi connectivity index (χ3n) is 3.32. The molecule has 1 heterocycles. The zero-order chi connectivity index (χ0) is 15.4. The molecule has 5 nitrogen and oxygen atoms in total. The number of morpholine rings is 1. The minimum absolute atomic E-state index is 0.140. The molecule has 2 N–H and O–H groups in total. The van der Waals surface area contributed by atoms with Crippen LogP contribution in [-0.4, -0.2) is 42.5 Å². The first kappa shape index (κ1) is 15.2. The fraction of sp³-hybridized carbons (Fsp3) is 0.333. The van der Waals surface area contributed by atoms with Crippen molar-refractivity contribution in [3.05, 3.63) is 41.7 Å². The van der Waals surface area contributed by atoms with Gasteiger partial charge in [0.2, 0.25) is 11.8 Å². The van der Waals surface area contributed by atoms with E-state index in [9.17, 15) is 14.0 Å². The fourth-order valence-corrected chi connectivity index (χ4v) is 2.12. The first-order valence-corrected chi connectivity index (χ1v) is 6.61. The maximum Gasteiger partial charge on any atom is 0.248 e. The van der Waals surface area contributed by atoms with Gasteiger partial charge in [0, 0.05) is 12.6 Å². The van der Waals surface area contributed by atoms with Crippen molar-refractivity contribution < 1.29 is 18.7 Å². The smallest absolute Gasteiger partial charge is 0.248 e. The summed E-state index contributed by atoms with van der Waals surface area (Å²) < 4.78 is 18.4. The maximum absolute atomic E-state index is 13.2. The summed E-state index contributed by atoms with van der Waals surface area (Å²) in [6.45, 7) is 2.54. The number of halogens is 1. The molecule has 1 aliphatic heterocycles. The summed E-state index contributed by atoms with van der Waals surface area (Å²) in [5, 5.41) is 0. The van der Waals surface area contributed by atoms with E-state index in [1.54, 1.807) is 19.1 Å². The Morgan fingerprint density at radius 3 is 2.90 bits per heavy atom. The quantitative estimate of drug-likeness (QED) is 0.843. The predicted molar refractivity (Wildman–Crippen MR) is 75.6 cm³/mol. The number of hydrogen-bond acceptors (Lipinski definition) is 3. The van der Waals surface area contributed by atoms with Gasteiger partial charge in [-0.05, 0) is 30.2 Å². The minimum atomic E-state index is -0.773. The maximum atomic E-state index is 13.2. The van der Waals surface area contributed by atoms with Gasteiger partial charge in [-0.3, -0.25) is 9.59 Å². The van der Waals surface area contributed by atoms with Crippen molar-refractivity contribution in [2.75, 3.05) is 19.7 Å². The van der Waals surface area contributed by atoms with Gasteiger partial charge in [-0.1, -0.05) is 12.1 Å². The number of ether oxygens (including phenoxy) is 1. The first-order valence-electron chi connectivity index (χ1n) is 6.61. The molecule has 1 aliphatic rings. The van der Waals surface area contributed by atoms with Crippen LogP contribution in [0.5, 0.6) is 0 Å². The Bertz CT molecular complexity index is 586. The Kier molecular flexibility index (Phi) is 4.70. The summed E-state index contributed by atoms with van der Waals surface area (Å²) in [7, 11) is 0. The van der Waals surface area contributed by atoms with Gasteiger partial charge in [-0.25, -0.2) is 4.39 Å². The van der Waals surface area contributed by atoms with Crippen LogP contribution in [0.4, 0.5) is 4.39 Å². The summed E-state index contributed by atoms with van der Waals surface area (Å²) in [5.41, 5.74) is 6.48. The van der Waals surface area contributed by atoms with E-state index in [-0.39, 0.29) is 24.9 Å². The van der Waals surface area contributed by atoms with Crippen LogP contribution in [0, 0.1) is 5.82 Å². The fourth-order valence-electron chi connectivity index (χ4n) is 2.12. The highest BCUT2D eigenvalue weighted by molar-refractivity contribution is 5.95. The van der Waals surface area contributed by atoms with Crippen LogP contribution in [0.3, 0.4) is 0 Å². The highest BCUT2D eigenvalue weighted by Gasteiger charge is 2.26. The van der Waals surface area contributed by atoms with Crippen LogP contribution in [0.2, 0.25) is 0 Å². The molecule has 2 rings (SSSR count). The third-order valence-corrected chi connectivity index (χ3v) is 3.32. The zero-order valence-electron chi connectivity index (χ0n) is 11.7. The van der Waals surface area contributed by atoms with Crippen LogP contribution in [0.1, 0.15) is 12.5 Å². The molecule has 2 amide bonds. The van der Waals surface area contributed by atoms with Gasteiger partial charge in [0.25, 0.3) is 0 Å². The van der Waals surface area contributed by atoms with Crippen molar-refractivity contribution >= 4 is 17.4 Å². The van der Waals surface area contributed by atoms with E-state index in [1.807, 2.05) is 0 Å². The second-order valence-electron chi connectivity index (χ2n) is 4.88. The summed E-state index contributed by atoms with van der Waals surface area (Å²) in [6.07, 6.45) is 0.656. The Labute approximate surface area is 122 Å². The van der Waals surface area contributed by atoms with Gasteiger partial charge in [-0.15, -0.1) is 0 Å². The van der Waals surface area contributed by atoms with Gasteiger partial charge in [0.05, 0.1) is 13.2 Å². The number of nitrogens with zero attached hydrogens (tertiary/aromatic N) is 1. The lowest BCUT2D eigenvalue weighted by Gasteiger charge is -2.30. The van der Waals surface area contributed by atoms with E-state index >= 15 is 0 Å². The molecular weight excluding hydrogens is 275 g/mol. The van der Waals surface area contributed by atoms with E-state index in [0.717, 1.165) is 0 Å². The predicted octanol–water partition coefficient (Wildman–Crippen LogP) is 0.942.